The number of nitro benzene ring substituents is 1. The van der Waals surface area contributed by atoms with Gasteiger partial charge in [-0.25, -0.2) is 0 Å². The van der Waals surface area contributed by atoms with Crippen molar-refractivity contribution in [3.8, 4) is 11.1 Å². The van der Waals surface area contributed by atoms with Crippen molar-refractivity contribution >= 4 is 11.4 Å². The third-order valence-electron chi connectivity index (χ3n) is 2.93. The first-order valence-electron chi connectivity index (χ1n) is 5.81. The second-order valence-electron chi connectivity index (χ2n) is 4.33. The quantitative estimate of drug-likeness (QED) is 0.503. The molecule has 0 saturated heterocycles. The van der Waals surface area contributed by atoms with Crippen molar-refractivity contribution in [3.05, 3.63) is 58.1 Å². The topological polar surface area (TPSA) is 89.4 Å². The first-order chi connectivity index (χ1) is 8.99. The molecule has 0 aliphatic carbocycles. The van der Waals surface area contributed by atoms with E-state index in [0.717, 1.165) is 11.1 Å². The Bertz CT molecular complexity index is 624. The Morgan fingerprint density at radius 1 is 1.21 bits per heavy atom. The highest BCUT2D eigenvalue weighted by atomic mass is 16.6. The zero-order valence-electron chi connectivity index (χ0n) is 10.4. The predicted octanol–water partition coefficient (Wildman–Crippen LogP) is 2.90. The lowest BCUT2D eigenvalue weighted by atomic mass is 9.99. The number of nitro groups is 1. The second-order valence-corrected chi connectivity index (χ2v) is 4.33. The Balaban J connectivity index is 2.50. The van der Waals surface area contributed by atoms with Crippen LogP contribution in [0.15, 0.2) is 42.5 Å². The van der Waals surface area contributed by atoms with Crippen LogP contribution >= 0.6 is 0 Å². The Kier molecular flexibility index (Phi) is 3.48. The number of aliphatic hydroxyl groups excluding tert-OH is 1. The number of non-ortho nitro benzene ring substituents is 1. The molecule has 1 unspecified atom stereocenters. The lowest BCUT2D eigenvalue weighted by Gasteiger charge is -2.11. The number of aliphatic hydroxyl groups is 1. The third-order valence-corrected chi connectivity index (χ3v) is 2.93. The van der Waals surface area contributed by atoms with E-state index in [2.05, 4.69) is 0 Å². The first-order valence-corrected chi connectivity index (χ1v) is 5.81. The Hall–Kier alpha value is -2.40. The van der Waals surface area contributed by atoms with Gasteiger partial charge in [-0.15, -0.1) is 0 Å². The molecule has 0 amide bonds. The average Bonchev–Trinajstić information content (AvgIpc) is 2.39. The van der Waals surface area contributed by atoms with Crippen molar-refractivity contribution in [3.63, 3.8) is 0 Å². The molecule has 0 aliphatic heterocycles. The van der Waals surface area contributed by atoms with Crippen molar-refractivity contribution < 1.29 is 10.0 Å². The second kappa shape index (κ2) is 5.07. The summed E-state index contributed by atoms with van der Waals surface area (Å²) in [6, 6.07) is 11.6. The summed E-state index contributed by atoms with van der Waals surface area (Å²) in [7, 11) is 0. The summed E-state index contributed by atoms with van der Waals surface area (Å²) in [5.41, 5.74) is 8.44. The fourth-order valence-electron chi connectivity index (χ4n) is 1.92. The van der Waals surface area contributed by atoms with Gasteiger partial charge in [0.05, 0.1) is 11.0 Å². The molecule has 0 saturated carbocycles. The van der Waals surface area contributed by atoms with Crippen molar-refractivity contribution in [2.75, 3.05) is 5.73 Å². The molecule has 0 spiro atoms. The van der Waals surface area contributed by atoms with Crippen molar-refractivity contribution in [1.82, 2.24) is 0 Å². The van der Waals surface area contributed by atoms with Crippen LogP contribution in [0.25, 0.3) is 11.1 Å². The van der Waals surface area contributed by atoms with Gasteiger partial charge in [0.2, 0.25) is 0 Å². The van der Waals surface area contributed by atoms with Crippen LogP contribution in [0.2, 0.25) is 0 Å². The Morgan fingerprint density at radius 2 is 1.89 bits per heavy atom. The van der Waals surface area contributed by atoms with Gasteiger partial charge in [0.1, 0.15) is 0 Å². The molecule has 0 fully saturated rings. The van der Waals surface area contributed by atoms with Gasteiger partial charge in [0.25, 0.3) is 5.69 Å². The van der Waals surface area contributed by atoms with Crippen LogP contribution in [0, 0.1) is 10.1 Å². The predicted molar refractivity (Wildman–Crippen MR) is 73.6 cm³/mol. The molecule has 98 valence electrons. The molecule has 5 heteroatoms. The highest BCUT2D eigenvalue weighted by Crippen LogP contribution is 2.29. The van der Waals surface area contributed by atoms with Gasteiger partial charge >= 0.3 is 0 Å². The molecule has 0 aliphatic rings. The van der Waals surface area contributed by atoms with E-state index in [1.54, 1.807) is 37.3 Å². The first kappa shape index (κ1) is 13.0. The number of hydrogen-bond donors (Lipinski definition) is 2. The minimum absolute atomic E-state index is 0.0351. The van der Waals surface area contributed by atoms with Gasteiger partial charge in [0, 0.05) is 23.4 Å². The van der Waals surface area contributed by atoms with E-state index in [9.17, 15) is 15.2 Å². The molecule has 0 heterocycles. The fourth-order valence-corrected chi connectivity index (χ4v) is 1.92. The number of nitrogens with two attached hydrogens (primary N) is 1. The Morgan fingerprint density at radius 3 is 2.53 bits per heavy atom. The molecule has 0 radical (unpaired) electrons. The molecular weight excluding hydrogens is 244 g/mol. The van der Waals surface area contributed by atoms with E-state index in [4.69, 9.17) is 5.73 Å². The molecular formula is C14H14N2O3. The van der Waals surface area contributed by atoms with Crippen molar-refractivity contribution in [2.45, 2.75) is 13.0 Å². The van der Waals surface area contributed by atoms with Crippen LogP contribution in [0.1, 0.15) is 18.6 Å². The van der Waals surface area contributed by atoms with Crippen LogP contribution in [-0.4, -0.2) is 10.0 Å². The van der Waals surface area contributed by atoms with E-state index >= 15 is 0 Å². The maximum atomic E-state index is 10.8. The van der Waals surface area contributed by atoms with Crippen LogP contribution in [0.5, 0.6) is 0 Å². The number of nitrogens with zero attached hydrogens (tertiary/aromatic N) is 1. The number of hydrogen-bond acceptors (Lipinski definition) is 4. The largest absolute Gasteiger partial charge is 0.398 e. The van der Waals surface area contributed by atoms with Crippen LogP contribution < -0.4 is 5.73 Å². The van der Waals surface area contributed by atoms with E-state index in [0.29, 0.717) is 11.3 Å². The van der Waals surface area contributed by atoms with Crippen LogP contribution in [-0.2, 0) is 0 Å². The normalized spacial score (nSPS) is 12.1. The van der Waals surface area contributed by atoms with E-state index in [-0.39, 0.29) is 5.69 Å². The molecule has 3 N–H and O–H groups in total. The Labute approximate surface area is 110 Å². The zero-order valence-corrected chi connectivity index (χ0v) is 10.4. The lowest BCUT2D eigenvalue weighted by Crippen LogP contribution is -1.98. The molecule has 0 bridgehead atoms. The van der Waals surface area contributed by atoms with Crippen molar-refractivity contribution in [2.24, 2.45) is 0 Å². The number of rotatable bonds is 3. The molecule has 2 rings (SSSR count). The summed E-state index contributed by atoms with van der Waals surface area (Å²) < 4.78 is 0. The fraction of sp³-hybridized carbons (Fsp3) is 0.143. The van der Waals surface area contributed by atoms with Gasteiger partial charge in [0.15, 0.2) is 0 Å². The van der Waals surface area contributed by atoms with Gasteiger partial charge in [-0.05, 0) is 30.2 Å². The highest BCUT2D eigenvalue weighted by Gasteiger charge is 2.10. The summed E-state index contributed by atoms with van der Waals surface area (Å²) in [6.45, 7) is 1.63. The standard InChI is InChI=1S/C14H14N2O3/c1-9(17)13-8-11(5-6-14(13)15)10-3-2-4-12(7-10)16(18)19/h2-9,17H,15H2,1H3. The number of anilines is 1. The third kappa shape index (κ3) is 2.71. The zero-order chi connectivity index (χ0) is 14.0. The minimum Gasteiger partial charge on any atom is -0.398 e. The maximum Gasteiger partial charge on any atom is 0.270 e. The SMILES string of the molecule is CC(O)c1cc(-c2cccc([N+](=O)[O-])c2)ccc1N. The summed E-state index contributed by atoms with van der Waals surface area (Å²) in [6.07, 6.45) is -0.682. The van der Waals surface area contributed by atoms with Gasteiger partial charge in [-0.1, -0.05) is 18.2 Å². The highest BCUT2D eigenvalue weighted by molar-refractivity contribution is 5.69. The molecule has 2 aromatic rings. The van der Waals surface area contributed by atoms with Crippen molar-refractivity contribution in [1.29, 1.82) is 0 Å². The van der Waals surface area contributed by atoms with Gasteiger partial charge in [-0.3, -0.25) is 10.1 Å². The van der Waals surface area contributed by atoms with Crippen LogP contribution in [0.3, 0.4) is 0 Å². The smallest absolute Gasteiger partial charge is 0.270 e. The van der Waals surface area contributed by atoms with Gasteiger partial charge in [-0.2, -0.15) is 0 Å². The molecule has 5 nitrogen and oxygen atoms in total. The number of benzene rings is 2. The molecule has 2 aromatic carbocycles. The monoisotopic (exact) mass is 258 g/mol. The summed E-state index contributed by atoms with van der Waals surface area (Å²) >= 11 is 0. The number of nitrogen functional groups attached to an aromatic ring is 1. The average molecular weight is 258 g/mol. The molecule has 1 atom stereocenters. The summed E-state index contributed by atoms with van der Waals surface area (Å²) in [4.78, 5) is 10.3. The van der Waals surface area contributed by atoms with E-state index < -0.39 is 11.0 Å². The lowest BCUT2D eigenvalue weighted by molar-refractivity contribution is -0.384. The van der Waals surface area contributed by atoms with Gasteiger partial charge < -0.3 is 10.8 Å². The summed E-state index contributed by atoms with van der Waals surface area (Å²) in [5, 5.41) is 20.4. The molecule has 0 aromatic heterocycles. The molecule has 19 heavy (non-hydrogen) atoms. The van der Waals surface area contributed by atoms with E-state index in [1.165, 1.54) is 12.1 Å². The maximum absolute atomic E-state index is 10.8. The summed E-state index contributed by atoms with van der Waals surface area (Å²) in [5.74, 6) is 0. The minimum atomic E-state index is -0.682. The van der Waals surface area contributed by atoms with E-state index in [1.807, 2.05) is 0 Å². The van der Waals surface area contributed by atoms with Crippen LogP contribution in [0.4, 0.5) is 11.4 Å².